The third-order valence-corrected chi connectivity index (χ3v) is 6.53. The maximum atomic E-state index is 13.1. The number of nitrogens with one attached hydrogen (secondary N) is 1. The van der Waals surface area contributed by atoms with Gasteiger partial charge in [0.1, 0.15) is 17.9 Å². The second-order valence-electron chi connectivity index (χ2n) is 8.50. The van der Waals surface area contributed by atoms with Gasteiger partial charge in [0.15, 0.2) is 0 Å². The fourth-order valence-corrected chi connectivity index (χ4v) is 4.70. The van der Waals surface area contributed by atoms with Crippen molar-refractivity contribution < 1.29 is 23.6 Å². The Balaban J connectivity index is 1.36. The van der Waals surface area contributed by atoms with Gasteiger partial charge in [-0.2, -0.15) is 0 Å². The number of rotatable bonds is 3. The van der Waals surface area contributed by atoms with Gasteiger partial charge in [-0.15, -0.1) is 0 Å². The molecular formula is C22H27FN4O4. The number of piperazine rings is 2. The largest absolute Gasteiger partial charge is 0.343 e. The summed E-state index contributed by atoms with van der Waals surface area (Å²) < 4.78 is 13.1. The number of likely N-dealkylation sites (tertiary alicyclic amines) is 1. The summed E-state index contributed by atoms with van der Waals surface area (Å²) in [6.45, 7) is 3.56. The van der Waals surface area contributed by atoms with E-state index < -0.39 is 12.1 Å². The first-order chi connectivity index (χ1) is 14.8. The van der Waals surface area contributed by atoms with Crippen LogP contribution in [0.25, 0.3) is 0 Å². The average Bonchev–Trinajstić information content (AvgIpc) is 2.78. The molecule has 3 fully saturated rings. The molecule has 0 radical (unpaired) electrons. The Hall–Kier alpha value is -2.97. The van der Waals surface area contributed by atoms with Crippen molar-refractivity contribution in [1.82, 2.24) is 20.0 Å². The van der Waals surface area contributed by atoms with Crippen molar-refractivity contribution in [1.29, 1.82) is 0 Å². The minimum atomic E-state index is -0.688. The number of fused-ring (bicyclic) bond motifs is 1. The van der Waals surface area contributed by atoms with Crippen LogP contribution < -0.4 is 5.32 Å². The number of halogens is 1. The smallest absolute Gasteiger partial charge is 0.246 e. The van der Waals surface area contributed by atoms with Crippen LogP contribution in [0.3, 0.4) is 0 Å². The molecule has 0 aromatic heterocycles. The maximum Gasteiger partial charge on any atom is 0.246 e. The van der Waals surface area contributed by atoms with E-state index in [1.54, 1.807) is 26.8 Å². The van der Waals surface area contributed by atoms with Crippen molar-refractivity contribution in [3.05, 3.63) is 35.6 Å². The topological polar surface area (TPSA) is 90.0 Å². The summed E-state index contributed by atoms with van der Waals surface area (Å²) in [5.41, 5.74) is 0.768. The fourth-order valence-electron chi connectivity index (χ4n) is 4.70. The third-order valence-electron chi connectivity index (χ3n) is 6.53. The van der Waals surface area contributed by atoms with Crippen LogP contribution in [0.5, 0.6) is 0 Å². The molecule has 9 heteroatoms. The number of amides is 4. The second-order valence-corrected chi connectivity index (χ2v) is 8.50. The molecule has 1 aromatic carbocycles. The van der Waals surface area contributed by atoms with Crippen LogP contribution in [0, 0.1) is 11.7 Å². The van der Waals surface area contributed by atoms with Crippen LogP contribution in [0.1, 0.15) is 25.3 Å². The van der Waals surface area contributed by atoms with Crippen molar-refractivity contribution in [3.63, 3.8) is 0 Å². The molecule has 4 amide bonds. The van der Waals surface area contributed by atoms with Gasteiger partial charge in [-0.1, -0.05) is 12.1 Å². The van der Waals surface area contributed by atoms with E-state index in [0.717, 1.165) is 5.56 Å². The zero-order valence-corrected chi connectivity index (χ0v) is 17.6. The Morgan fingerprint density at radius 2 is 1.71 bits per heavy atom. The molecule has 3 saturated heterocycles. The average molecular weight is 430 g/mol. The van der Waals surface area contributed by atoms with Crippen LogP contribution in [0.15, 0.2) is 24.3 Å². The van der Waals surface area contributed by atoms with Gasteiger partial charge in [-0.3, -0.25) is 19.2 Å². The molecule has 3 heterocycles. The first-order valence-corrected chi connectivity index (χ1v) is 10.7. The zero-order valence-electron chi connectivity index (χ0n) is 17.6. The van der Waals surface area contributed by atoms with Gasteiger partial charge < -0.3 is 20.0 Å². The van der Waals surface area contributed by atoms with Crippen LogP contribution >= 0.6 is 0 Å². The number of hydrogen-bond acceptors (Lipinski definition) is 4. The highest BCUT2D eigenvalue weighted by Crippen LogP contribution is 2.24. The molecule has 0 spiro atoms. The maximum absolute atomic E-state index is 13.1. The summed E-state index contributed by atoms with van der Waals surface area (Å²) in [5.74, 6) is -0.929. The lowest BCUT2D eigenvalue weighted by Gasteiger charge is -2.46. The predicted octanol–water partition coefficient (Wildman–Crippen LogP) is 0.165. The van der Waals surface area contributed by atoms with Crippen molar-refractivity contribution >= 4 is 23.6 Å². The normalized spacial score (nSPS) is 24.6. The summed E-state index contributed by atoms with van der Waals surface area (Å²) in [6, 6.07) is 4.50. The fraction of sp³-hybridized carbons (Fsp3) is 0.545. The number of hydrogen-bond donors (Lipinski definition) is 1. The number of benzene rings is 1. The third kappa shape index (κ3) is 4.40. The first kappa shape index (κ1) is 21.3. The highest BCUT2D eigenvalue weighted by molar-refractivity contribution is 5.98. The molecule has 166 valence electrons. The van der Waals surface area contributed by atoms with Gasteiger partial charge in [0.2, 0.25) is 23.6 Å². The summed E-state index contributed by atoms with van der Waals surface area (Å²) >= 11 is 0. The molecule has 4 rings (SSSR count). The van der Waals surface area contributed by atoms with Crippen molar-refractivity contribution in [2.45, 2.75) is 38.3 Å². The lowest BCUT2D eigenvalue weighted by Crippen LogP contribution is -2.70. The van der Waals surface area contributed by atoms with Crippen molar-refractivity contribution in [3.8, 4) is 0 Å². The van der Waals surface area contributed by atoms with Crippen LogP contribution in [-0.2, 0) is 25.6 Å². The molecule has 3 aliphatic rings. The van der Waals surface area contributed by atoms with E-state index in [4.69, 9.17) is 0 Å². The Bertz CT molecular complexity index is 882. The highest BCUT2D eigenvalue weighted by atomic mass is 19.1. The number of carbonyl (C=O) groups is 4. The van der Waals surface area contributed by atoms with E-state index in [-0.39, 0.29) is 41.9 Å². The summed E-state index contributed by atoms with van der Waals surface area (Å²) in [7, 11) is 0. The number of piperidine rings is 1. The van der Waals surface area contributed by atoms with E-state index in [2.05, 4.69) is 5.32 Å². The van der Waals surface area contributed by atoms with Gasteiger partial charge >= 0.3 is 0 Å². The Kier molecular flexibility index (Phi) is 5.93. The minimum absolute atomic E-state index is 0.00321. The quantitative estimate of drug-likeness (QED) is 0.740. The van der Waals surface area contributed by atoms with Crippen LogP contribution in [-0.4, -0.2) is 83.1 Å². The Morgan fingerprint density at radius 1 is 1.03 bits per heavy atom. The van der Waals surface area contributed by atoms with Gasteiger partial charge in [-0.05, 0) is 30.5 Å². The molecule has 0 bridgehead atoms. The van der Waals surface area contributed by atoms with Crippen molar-refractivity contribution in [2.75, 3.05) is 32.7 Å². The van der Waals surface area contributed by atoms with Gasteiger partial charge in [-0.25, -0.2) is 4.39 Å². The summed E-state index contributed by atoms with van der Waals surface area (Å²) in [6.07, 6.45) is 1.54. The van der Waals surface area contributed by atoms with Crippen molar-refractivity contribution in [2.24, 2.45) is 5.92 Å². The molecule has 8 nitrogen and oxygen atoms in total. The van der Waals surface area contributed by atoms with E-state index in [1.165, 1.54) is 19.1 Å². The standard InChI is InChI=1S/C22H27FN4O4/c1-14(28)25-8-6-16(7-9-25)21(30)26-10-11-27-19(13-26)20(29)24-18(22(27)31)12-15-2-4-17(23)5-3-15/h2-5,16,18-19H,6-13H2,1H3,(H,24,29). The van der Waals surface area contributed by atoms with E-state index in [0.29, 0.717) is 45.4 Å². The number of nitrogens with zero attached hydrogens (tertiary/aromatic N) is 3. The lowest BCUT2D eigenvalue weighted by molar-refractivity contribution is -0.157. The molecule has 3 aliphatic heterocycles. The van der Waals surface area contributed by atoms with E-state index >= 15 is 0 Å². The second kappa shape index (κ2) is 8.64. The predicted molar refractivity (Wildman–Crippen MR) is 109 cm³/mol. The monoisotopic (exact) mass is 430 g/mol. The van der Waals surface area contributed by atoms with Gasteiger partial charge in [0, 0.05) is 45.4 Å². The Morgan fingerprint density at radius 3 is 2.35 bits per heavy atom. The lowest BCUT2D eigenvalue weighted by atomic mass is 9.93. The van der Waals surface area contributed by atoms with Crippen LogP contribution in [0.2, 0.25) is 0 Å². The van der Waals surface area contributed by atoms with E-state index in [1.807, 2.05) is 0 Å². The van der Waals surface area contributed by atoms with E-state index in [9.17, 15) is 23.6 Å². The summed E-state index contributed by atoms with van der Waals surface area (Å²) in [5, 5.41) is 2.78. The Labute approximate surface area is 180 Å². The minimum Gasteiger partial charge on any atom is -0.343 e. The molecular weight excluding hydrogens is 403 g/mol. The first-order valence-electron chi connectivity index (χ1n) is 10.7. The SMILES string of the molecule is CC(=O)N1CCC(C(=O)N2CCN3C(=O)C(Cc4ccc(F)cc4)NC(=O)C3C2)CC1. The highest BCUT2D eigenvalue weighted by Gasteiger charge is 2.45. The molecule has 31 heavy (non-hydrogen) atoms. The molecule has 1 N–H and O–H groups in total. The molecule has 0 aliphatic carbocycles. The number of carbonyl (C=O) groups excluding carboxylic acids is 4. The summed E-state index contributed by atoms with van der Waals surface area (Å²) in [4.78, 5) is 55.2. The molecule has 1 aromatic rings. The molecule has 2 unspecified atom stereocenters. The van der Waals surface area contributed by atoms with Gasteiger partial charge in [0.05, 0.1) is 6.54 Å². The van der Waals surface area contributed by atoms with Crippen LogP contribution in [0.4, 0.5) is 4.39 Å². The zero-order chi connectivity index (χ0) is 22.1. The molecule has 0 saturated carbocycles. The van der Waals surface area contributed by atoms with Gasteiger partial charge in [0.25, 0.3) is 0 Å². The molecule has 2 atom stereocenters.